The molecule has 1 aliphatic heterocycles. The number of nitrogens with zero attached hydrogens (tertiary/aromatic N) is 3. The molecule has 1 unspecified atom stereocenters. The summed E-state index contributed by atoms with van der Waals surface area (Å²) < 4.78 is 7.50. The highest BCUT2D eigenvalue weighted by molar-refractivity contribution is 5.24. The predicted octanol–water partition coefficient (Wildman–Crippen LogP) is 2.01. The molecule has 0 bridgehead atoms. The summed E-state index contributed by atoms with van der Waals surface area (Å²) in [6.07, 6.45) is 2.54. The van der Waals surface area contributed by atoms with E-state index in [4.69, 9.17) is 10.00 Å². The second kappa shape index (κ2) is 7.91. The minimum Gasteiger partial charge on any atom is -0.375 e. The standard InChI is InChI=1S/C19H21N3O2/c20-11-17-7-8-19(23)22(13-17)15-18-14-21(9-4-10-24-18)12-16-5-2-1-3-6-16/h1-3,5-8,13,18H,4,9-10,12,14-15H2. The Morgan fingerprint density at radius 1 is 1.21 bits per heavy atom. The average Bonchev–Trinajstić information content (AvgIpc) is 2.83. The van der Waals surface area contributed by atoms with E-state index in [1.165, 1.54) is 11.6 Å². The van der Waals surface area contributed by atoms with Crippen molar-refractivity contribution in [3.63, 3.8) is 0 Å². The monoisotopic (exact) mass is 323 g/mol. The first-order chi connectivity index (χ1) is 11.7. The van der Waals surface area contributed by atoms with Gasteiger partial charge in [-0.1, -0.05) is 30.3 Å². The van der Waals surface area contributed by atoms with Crippen LogP contribution in [-0.4, -0.2) is 35.3 Å². The molecule has 0 aliphatic carbocycles. The van der Waals surface area contributed by atoms with Crippen LogP contribution in [0.5, 0.6) is 0 Å². The molecule has 1 saturated heterocycles. The molecule has 1 aromatic heterocycles. The van der Waals surface area contributed by atoms with Crippen LogP contribution in [0.15, 0.2) is 53.5 Å². The lowest BCUT2D eigenvalue weighted by molar-refractivity contribution is 0.0408. The Bertz CT molecular complexity index is 764. The summed E-state index contributed by atoms with van der Waals surface area (Å²) in [6.45, 7) is 3.81. The number of ether oxygens (including phenoxy) is 1. The van der Waals surface area contributed by atoms with E-state index >= 15 is 0 Å². The van der Waals surface area contributed by atoms with Gasteiger partial charge in [-0.05, 0) is 18.1 Å². The molecule has 0 amide bonds. The molecule has 124 valence electrons. The van der Waals surface area contributed by atoms with E-state index in [1.54, 1.807) is 16.8 Å². The molecular weight excluding hydrogens is 302 g/mol. The second-order valence-electron chi connectivity index (χ2n) is 6.09. The number of rotatable bonds is 4. The highest BCUT2D eigenvalue weighted by Gasteiger charge is 2.19. The maximum atomic E-state index is 12.0. The first-order valence-electron chi connectivity index (χ1n) is 8.23. The number of nitriles is 1. The summed E-state index contributed by atoms with van der Waals surface area (Å²) in [4.78, 5) is 14.4. The Kier molecular flexibility index (Phi) is 5.42. The number of pyridine rings is 1. The molecule has 24 heavy (non-hydrogen) atoms. The van der Waals surface area contributed by atoms with Crippen LogP contribution in [-0.2, 0) is 17.8 Å². The van der Waals surface area contributed by atoms with Crippen LogP contribution >= 0.6 is 0 Å². The molecule has 2 aromatic rings. The molecule has 0 saturated carbocycles. The van der Waals surface area contributed by atoms with Gasteiger partial charge in [0.1, 0.15) is 6.07 Å². The molecule has 0 radical (unpaired) electrons. The molecule has 1 atom stereocenters. The van der Waals surface area contributed by atoms with Gasteiger partial charge >= 0.3 is 0 Å². The third kappa shape index (κ3) is 4.31. The van der Waals surface area contributed by atoms with Crippen molar-refractivity contribution in [2.75, 3.05) is 19.7 Å². The van der Waals surface area contributed by atoms with E-state index in [1.807, 2.05) is 18.2 Å². The first kappa shape index (κ1) is 16.4. The Morgan fingerprint density at radius 2 is 2.04 bits per heavy atom. The lowest BCUT2D eigenvalue weighted by Crippen LogP contribution is -2.36. The molecule has 1 fully saturated rings. The largest absolute Gasteiger partial charge is 0.375 e. The van der Waals surface area contributed by atoms with Crippen molar-refractivity contribution in [2.45, 2.75) is 25.6 Å². The van der Waals surface area contributed by atoms with Gasteiger partial charge in [0, 0.05) is 38.5 Å². The van der Waals surface area contributed by atoms with E-state index < -0.39 is 0 Å². The number of hydrogen-bond donors (Lipinski definition) is 0. The predicted molar refractivity (Wildman–Crippen MR) is 91.5 cm³/mol. The van der Waals surface area contributed by atoms with Crippen LogP contribution in [0.4, 0.5) is 0 Å². The molecule has 5 heteroatoms. The number of hydrogen-bond acceptors (Lipinski definition) is 4. The SMILES string of the molecule is N#Cc1ccc(=O)n(CC2CN(Cc3ccccc3)CCCO2)c1. The van der Waals surface area contributed by atoms with E-state index in [2.05, 4.69) is 23.1 Å². The first-order valence-corrected chi connectivity index (χ1v) is 8.23. The quantitative estimate of drug-likeness (QED) is 0.864. The van der Waals surface area contributed by atoms with E-state index in [0.29, 0.717) is 18.7 Å². The van der Waals surface area contributed by atoms with Gasteiger partial charge in [0.25, 0.3) is 5.56 Å². The zero-order valence-electron chi connectivity index (χ0n) is 13.6. The van der Waals surface area contributed by atoms with Crippen molar-refractivity contribution in [2.24, 2.45) is 0 Å². The van der Waals surface area contributed by atoms with Crippen molar-refractivity contribution in [3.8, 4) is 6.07 Å². The molecule has 0 spiro atoms. The molecule has 1 aliphatic rings. The summed E-state index contributed by atoms with van der Waals surface area (Å²) >= 11 is 0. The van der Waals surface area contributed by atoms with Gasteiger partial charge in [-0.25, -0.2) is 0 Å². The van der Waals surface area contributed by atoms with Crippen LogP contribution in [0.25, 0.3) is 0 Å². The molecular formula is C19H21N3O2. The van der Waals surface area contributed by atoms with Crippen molar-refractivity contribution in [1.82, 2.24) is 9.47 Å². The van der Waals surface area contributed by atoms with Gasteiger partial charge in [0.15, 0.2) is 0 Å². The summed E-state index contributed by atoms with van der Waals surface area (Å²) in [5.74, 6) is 0. The van der Waals surface area contributed by atoms with Gasteiger partial charge in [-0.3, -0.25) is 9.69 Å². The highest BCUT2D eigenvalue weighted by atomic mass is 16.5. The van der Waals surface area contributed by atoms with Crippen LogP contribution in [0.1, 0.15) is 17.5 Å². The molecule has 0 N–H and O–H groups in total. The summed E-state index contributed by atoms with van der Waals surface area (Å²) in [6, 6.07) is 15.4. The van der Waals surface area contributed by atoms with Crippen LogP contribution in [0.2, 0.25) is 0 Å². The summed E-state index contributed by atoms with van der Waals surface area (Å²) in [5.41, 5.74) is 1.67. The van der Waals surface area contributed by atoms with E-state index in [9.17, 15) is 4.79 Å². The second-order valence-corrected chi connectivity index (χ2v) is 6.09. The van der Waals surface area contributed by atoms with Crippen molar-refractivity contribution < 1.29 is 4.74 Å². The van der Waals surface area contributed by atoms with Crippen molar-refractivity contribution >= 4 is 0 Å². The fraction of sp³-hybridized carbons (Fsp3) is 0.368. The Morgan fingerprint density at radius 3 is 2.83 bits per heavy atom. The van der Waals surface area contributed by atoms with Gasteiger partial charge in [0.05, 0.1) is 18.2 Å². The highest BCUT2D eigenvalue weighted by Crippen LogP contribution is 2.12. The molecule has 3 rings (SSSR count). The lowest BCUT2D eigenvalue weighted by Gasteiger charge is -2.24. The molecule has 2 heterocycles. The van der Waals surface area contributed by atoms with E-state index in [-0.39, 0.29) is 11.7 Å². The van der Waals surface area contributed by atoms with Gasteiger partial charge < -0.3 is 9.30 Å². The lowest BCUT2D eigenvalue weighted by atomic mass is 10.2. The fourth-order valence-corrected chi connectivity index (χ4v) is 3.03. The Balaban J connectivity index is 1.69. The fourth-order valence-electron chi connectivity index (χ4n) is 3.03. The van der Waals surface area contributed by atoms with Crippen LogP contribution in [0, 0.1) is 11.3 Å². The van der Waals surface area contributed by atoms with Gasteiger partial charge in [-0.2, -0.15) is 5.26 Å². The molecule has 1 aromatic carbocycles. The van der Waals surface area contributed by atoms with Gasteiger partial charge in [-0.15, -0.1) is 0 Å². The average molecular weight is 323 g/mol. The smallest absolute Gasteiger partial charge is 0.250 e. The maximum Gasteiger partial charge on any atom is 0.250 e. The normalized spacial score (nSPS) is 18.7. The zero-order valence-corrected chi connectivity index (χ0v) is 13.6. The number of aromatic nitrogens is 1. The van der Waals surface area contributed by atoms with Crippen LogP contribution in [0.3, 0.4) is 0 Å². The summed E-state index contributed by atoms with van der Waals surface area (Å²) in [7, 11) is 0. The zero-order chi connectivity index (χ0) is 16.8. The van der Waals surface area contributed by atoms with Crippen molar-refractivity contribution in [3.05, 3.63) is 70.1 Å². The minimum atomic E-state index is -0.101. The third-order valence-electron chi connectivity index (χ3n) is 4.20. The Labute approximate surface area is 141 Å². The maximum absolute atomic E-state index is 12.0. The van der Waals surface area contributed by atoms with E-state index in [0.717, 1.165) is 26.1 Å². The number of benzene rings is 1. The van der Waals surface area contributed by atoms with Gasteiger partial charge in [0.2, 0.25) is 0 Å². The third-order valence-corrected chi connectivity index (χ3v) is 4.20. The van der Waals surface area contributed by atoms with Crippen molar-refractivity contribution in [1.29, 1.82) is 5.26 Å². The molecule has 5 nitrogen and oxygen atoms in total. The summed E-state index contributed by atoms with van der Waals surface area (Å²) in [5, 5.41) is 9.01. The topological polar surface area (TPSA) is 58.3 Å². The minimum absolute atomic E-state index is 0.0529. The Hall–Kier alpha value is -2.42. The van der Waals surface area contributed by atoms with Crippen LogP contribution < -0.4 is 5.56 Å².